The number of carbonyl (C=O) groups excluding carboxylic acids is 2. The van der Waals surface area contributed by atoms with Crippen LogP contribution in [0.4, 0.5) is 0 Å². The maximum Gasteiger partial charge on any atom is 0.325 e. The van der Waals surface area contributed by atoms with E-state index in [0.717, 1.165) is 0 Å². The van der Waals surface area contributed by atoms with Crippen LogP contribution in [0.5, 0.6) is 0 Å². The van der Waals surface area contributed by atoms with Crippen molar-refractivity contribution in [1.29, 1.82) is 0 Å². The van der Waals surface area contributed by atoms with E-state index in [1.54, 1.807) is 13.0 Å². The number of methoxy groups -OCH3 is 1. The predicted octanol–water partition coefficient (Wildman–Crippen LogP) is 1.37. The topological polar surface area (TPSA) is 59.5 Å². The summed E-state index contributed by atoms with van der Waals surface area (Å²) in [6.07, 6.45) is 1.39. The lowest BCUT2D eigenvalue weighted by molar-refractivity contribution is -0.141. The minimum atomic E-state index is -0.464. The van der Waals surface area contributed by atoms with Gasteiger partial charge in [-0.15, -0.1) is 0 Å². The summed E-state index contributed by atoms with van der Waals surface area (Å²) in [7, 11) is 1.28. The summed E-state index contributed by atoms with van der Waals surface area (Å²) in [5.41, 5.74) is 0.250. The fourth-order valence-electron chi connectivity index (χ4n) is 1.21. The van der Waals surface area contributed by atoms with Crippen LogP contribution < -0.4 is 0 Å². The molecule has 6 heteroatoms. The molecule has 0 aliphatic rings. The van der Waals surface area contributed by atoms with Crippen LogP contribution in [-0.4, -0.2) is 42.0 Å². The number of aromatic nitrogens is 1. The van der Waals surface area contributed by atoms with Crippen molar-refractivity contribution in [2.45, 2.75) is 6.92 Å². The summed E-state index contributed by atoms with van der Waals surface area (Å²) >= 11 is 5.68. The zero-order chi connectivity index (χ0) is 12.8. The Morgan fingerprint density at radius 1 is 1.47 bits per heavy atom. The largest absolute Gasteiger partial charge is 0.468 e. The number of likely N-dealkylation sites (N-methyl/N-ethyl adjacent to an activating group) is 1. The van der Waals surface area contributed by atoms with Crippen molar-refractivity contribution in [2.75, 3.05) is 20.2 Å². The minimum absolute atomic E-state index is 0.0872. The number of carbonyl (C=O) groups is 2. The molecule has 0 bridgehead atoms. The van der Waals surface area contributed by atoms with Gasteiger partial charge in [0.05, 0.1) is 12.1 Å². The molecular weight excluding hydrogens is 244 g/mol. The predicted molar refractivity (Wildman–Crippen MR) is 62.8 cm³/mol. The highest BCUT2D eigenvalue weighted by atomic mass is 35.5. The number of halogens is 1. The molecule has 0 saturated heterocycles. The van der Waals surface area contributed by atoms with E-state index in [9.17, 15) is 9.59 Å². The number of ether oxygens (including phenoxy) is 1. The second kappa shape index (κ2) is 6.20. The third kappa shape index (κ3) is 3.71. The molecule has 0 radical (unpaired) electrons. The van der Waals surface area contributed by atoms with Gasteiger partial charge in [0.15, 0.2) is 0 Å². The van der Waals surface area contributed by atoms with Gasteiger partial charge in [-0.05, 0) is 19.1 Å². The SMILES string of the molecule is CCN(CC(=O)OC)C(=O)c1ccc(Cl)cn1. The van der Waals surface area contributed by atoms with Crippen LogP contribution in [0.2, 0.25) is 5.02 Å². The van der Waals surface area contributed by atoms with Crippen molar-refractivity contribution in [3.63, 3.8) is 0 Å². The smallest absolute Gasteiger partial charge is 0.325 e. The molecule has 0 atom stereocenters. The maximum atomic E-state index is 12.0. The highest BCUT2D eigenvalue weighted by Gasteiger charge is 2.18. The Balaban J connectivity index is 2.78. The van der Waals surface area contributed by atoms with Crippen LogP contribution in [-0.2, 0) is 9.53 Å². The Bertz CT molecular complexity index is 406. The summed E-state index contributed by atoms with van der Waals surface area (Å²) in [4.78, 5) is 28.3. The average molecular weight is 257 g/mol. The normalized spacial score (nSPS) is 9.82. The van der Waals surface area contributed by atoms with E-state index < -0.39 is 5.97 Å². The molecular formula is C11H13ClN2O3. The van der Waals surface area contributed by atoms with Crippen LogP contribution >= 0.6 is 11.6 Å². The van der Waals surface area contributed by atoms with Gasteiger partial charge >= 0.3 is 5.97 Å². The van der Waals surface area contributed by atoms with Crippen LogP contribution in [0.25, 0.3) is 0 Å². The van der Waals surface area contributed by atoms with Gasteiger partial charge in [-0.2, -0.15) is 0 Å². The monoisotopic (exact) mass is 256 g/mol. The first-order valence-corrected chi connectivity index (χ1v) is 5.44. The lowest BCUT2D eigenvalue weighted by Gasteiger charge is -2.18. The van der Waals surface area contributed by atoms with Gasteiger partial charge in [0.25, 0.3) is 5.91 Å². The van der Waals surface area contributed by atoms with E-state index >= 15 is 0 Å². The first-order chi connectivity index (χ1) is 8.08. The van der Waals surface area contributed by atoms with Crippen molar-refractivity contribution in [1.82, 2.24) is 9.88 Å². The summed E-state index contributed by atoms with van der Waals surface area (Å²) < 4.78 is 4.51. The van der Waals surface area contributed by atoms with Crippen molar-refractivity contribution in [3.8, 4) is 0 Å². The fraction of sp³-hybridized carbons (Fsp3) is 0.364. The zero-order valence-electron chi connectivity index (χ0n) is 9.64. The molecule has 1 rings (SSSR count). The number of hydrogen-bond acceptors (Lipinski definition) is 4. The Hall–Kier alpha value is -1.62. The highest BCUT2D eigenvalue weighted by molar-refractivity contribution is 6.30. The van der Waals surface area contributed by atoms with E-state index in [0.29, 0.717) is 11.6 Å². The van der Waals surface area contributed by atoms with Gasteiger partial charge in [-0.3, -0.25) is 9.59 Å². The standard InChI is InChI=1S/C11H13ClN2O3/c1-3-14(7-10(15)17-2)11(16)9-5-4-8(12)6-13-9/h4-6H,3,7H2,1-2H3. The summed E-state index contributed by atoms with van der Waals surface area (Å²) in [6.45, 7) is 2.09. The maximum absolute atomic E-state index is 12.0. The number of amides is 1. The zero-order valence-corrected chi connectivity index (χ0v) is 10.4. The Kier molecular flexibility index (Phi) is 4.90. The van der Waals surface area contributed by atoms with E-state index in [1.165, 1.54) is 24.3 Å². The molecule has 0 aliphatic heterocycles. The minimum Gasteiger partial charge on any atom is -0.468 e. The molecule has 0 spiro atoms. The molecule has 1 aromatic rings. The van der Waals surface area contributed by atoms with Gasteiger partial charge in [-0.1, -0.05) is 11.6 Å². The lowest BCUT2D eigenvalue weighted by atomic mass is 10.3. The van der Waals surface area contributed by atoms with Crippen molar-refractivity contribution in [2.24, 2.45) is 0 Å². The third-order valence-electron chi connectivity index (χ3n) is 2.16. The Morgan fingerprint density at radius 3 is 2.65 bits per heavy atom. The molecule has 0 saturated carbocycles. The molecule has 0 aromatic carbocycles. The number of nitrogens with zero attached hydrogens (tertiary/aromatic N) is 2. The average Bonchev–Trinajstić information content (AvgIpc) is 2.35. The van der Waals surface area contributed by atoms with Crippen molar-refractivity contribution in [3.05, 3.63) is 29.0 Å². The quantitative estimate of drug-likeness (QED) is 0.764. The van der Waals surface area contributed by atoms with Crippen LogP contribution in [0.15, 0.2) is 18.3 Å². The van der Waals surface area contributed by atoms with Crippen molar-refractivity contribution >= 4 is 23.5 Å². The number of hydrogen-bond donors (Lipinski definition) is 0. The van der Waals surface area contributed by atoms with Crippen LogP contribution in [0, 0.1) is 0 Å². The van der Waals surface area contributed by atoms with Gasteiger partial charge in [0.1, 0.15) is 12.2 Å². The van der Waals surface area contributed by atoms with E-state index in [1.807, 2.05) is 0 Å². The van der Waals surface area contributed by atoms with Gasteiger partial charge in [0.2, 0.25) is 0 Å². The molecule has 0 unspecified atom stereocenters. The molecule has 1 heterocycles. The van der Waals surface area contributed by atoms with Crippen molar-refractivity contribution < 1.29 is 14.3 Å². The van der Waals surface area contributed by atoms with Gasteiger partial charge < -0.3 is 9.64 Å². The molecule has 5 nitrogen and oxygen atoms in total. The van der Waals surface area contributed by atoms with Crippen LogP contribution in [0.3, 0.4) is 0 Å². The molecule has 17 heavy (non-hydrogen) atoms. The first kappa shape index (κ1) is 13.4. The number of rotatable bonds is 4. The molecule has 1 aromatic heterocycles. The lowest BCUT2D eigenvalue weighted by Crippen LogP contribution is -2.36. The molecule has 0 aliphatic carbocycles. The third-order valence-corrected chi connectivity index (χ3v) is 2.39. The summed E-state index contributed by atoms with van der Waals surface area (Å²) in [5, 5.41) is 0.456. The summed E-state index contributed by atoms with van der Waals surface area (Å²) in [5.74, 6) is -0.788. The molecule has 1 amide bonds. The fourth-order valence-corrected chi connectivity index (χ4v) is 1.32. The Morgan fingerprint density at radius 2 is 2.18 bits per heavy atom. The van der Waals surface area contributed by atoms with Gasteiger partial charge in [-0.25, -0.2) is 4.98 Å². The Labute approximate surface area is 104 Å². The van der Waals surface area contributed by atoms with E-state index in [4.69, 9.17) is 11.6 Å². The van der Waals surface area contributed by atoms with Gasteiger partial charge in [0, 0.05) is 12.7 Å². The summed E-state index contributed by atoms with van der Waals surface area (Å²) in [6, 6.07) is 3.10. The molecule has 92 valence electrons. The number of pyridine rings is 1. The van der Waals surface area contributed by atoms with E-state index in [-0.39, 0.29) is 18.1 Å². The highest BCUT2D eigenvalue weighted by Crippen LogP contribution is 2.08. The second-order valence-electron chi connectivity index (χ2n) is 3.26. The molecule has 0 fully saturated rings. The molecule has 0 N–H and O–H groups in total. The van der Waals surface area contributed by atoms with E-state index in [2.05, 4.69) is 9.72 Å². The second-order valence-corrected chi connectivity index (χ2v) is 3.69. The first-order valence-electron chi connectivity index (χ1n) is 5.06. The van der Waals surface area contributed by atoms with Crippen LogP contribution in [0.1, 0.15) is 17.4 Å². The number of esters is 1.